The van der Waals surface area contributed by atoms with E-state index in [4.69, 9.17) is 15.2 Å². The highest BCUT2D eigenvalue weighted by atomic mass is 16.6. The van der Waals surface area contributed by atoms with Gasteiger partial charge in [-0.1, -0.05) is 26.2 Å². The van der Waals surface area contributed by atoms with Gasteiger partial charge in [-0.05, 0) is 6.42 Å². The maximum atomic E-state index is 5.85. The van der Waals surface area contributed by atoms with Crippen molar-refractivity contribution in [1.29, 1.82) is 0 Å². The summed E-state index contributed by atoms with van der Waals surface area (Å²) in [6.45, 7) is 4.84. The Labute approximate surface area is 125 Å². The van der Waals surface area contributed by atoms with Gasteiger partial charge in [0.2, 0.25) is 0 Å². The van der Waals surface area contributed by atoms with Crippen molar-refractivity contribution in [3.8, 4) is 11.5 Å². The van der Waals surface area contributed by atoms with Crippen LogP contribution in [0, 0.1) is 0 Å². The Kier molecular flexibility index (Phi) is 4.29. The Morgan fingerprint density at radius 1 is 1.14 bits per heavy atom. The van der Waals surface area contributed by atoms with Crippen molar-refractivity contribution >= 4 is 11.0 Å². The number of fused-ring (bicyclic) bond motifs is 2. The van der Waals surface area contributed by atoms with Crippen LogP contribution in [-0.2, 0) is 13.1 Å². The molecule has 21 heavy (non-hydrogen) atoms. The molecule has 0 unspecified atom stereocenters. The second kappa shape index (κ2) is 6.35. The molecule has 0 bridgehead atoms. The molecular weight excluding hydrogens is 266 g/mol. The van der Waals surface area contributed by atoms with Gasteiger partial charge in [-0.3, -0.25) is 0 Å². The maximum absolute atomic E-state index is 5.85. The molecule has 0 saturated heterocycles. The van der Waals surface area contributed by atoms with Gasteiger partial charge in [0.1, 0.15) is 19.0 Å². The molecule has 0 atom stereocenters. The summed E-state index contributed by atoms with van der Waals surface area (Å²) in [4.78, 5) is 4.64. The number of aromatic nitrogens is 2. The number of hydrogen-bond acceptors (Lipinski definition) is 4. The van der Waals surface area contributed by atoms with E-state index in [9.17, 15) is 0 Å². The molecule has 0 saturated carbocycles. The van der Waals surface area contributed by atoms with Crippen LogP contribution in [0.25, 0.3) is 11.0 Å². The fourth-order valence-corrected chi connectivity index (χ4v) is 2.81. The second-order valence-electron chi connectivity index (χ2n) is 5.43. The lowest BCUT2D eigenvalue weighted by Gasteiger charge is -2.18. The quantitative estimate of drug-likeness (QED) is 0.831. The molecule has 0 aliphatic carbocycles. The molecule has 2 N–H and O–H groups in total. The van der Waals surface area contributed by atoms with E-state index in [2.05, 4.69) is 16.5 Å². The lowest BCUT2D eigenvalue weighted by atomic mass is 10.2. The molecule has 0 spiro atoms. The molecule has 0 fully saturated rings. The Morgan fingerprint density at radius 3 is 2.62 bits per heavy atom. The van der Waals surface area contributed by atoms with Crippen LogP contribution in [0.15, 0.2) is 12.1 Å². The van der Waals surface area contributed by atoms with Crippen molar-refractivity contribution in [3.05, 3.63) is 18.0 Å². The van der Waals surface area contributed by atoms with Gasteiger partial charge in [0, 0.05) is 18.7 Å². The van der Waals surface area contributed by atoms with Crippen LogP contribution in [0.1, 0.15) is 38.4 Å². The van der Waals surface area contributed by atoms with Crippen LogP contribution < -0.4 is 15.2 Å². The number of aryl methyl sites for hydroxylation is 1. The maximum Gasteiger partial charge on any atom is 0.163 e. The predicted octanol–water partition coefficient (Wildman–Crippen LogP) is 2.85. The number of nitrogens with two attached hydrogens (primary N) is 1. The Bertz CT molecular complexity index is 621. The van der Waals surface area contributed by atoms with Gasteiger partial charge >= 0.3 is 0 Å². The number of benzene rings is 1. The van der Waals surface area contributed by atoms with Crippen LogP contribution >= 0.6 is 0 Å². The Balaban J connectivity index is 1.92. The standard InChI is InChI=1S/C16H23N3O2/c1-2-3-4-5-6-19-13-10-15-14(20-7-8-21-15)9-12(13)18-16(19)11-17/h9-10H,2-8,11,17H2,1H3. The van der Waals surface area contributed by atoms with E-state index in [1.54, 1.807) is 0 Å². The van der Waals surface area contributed by atoms with Gasteiger partial charge in [-0.15, -0.1) is 0 Å². The zero-order valence-electron chi connectivity index (χ0n) is 12.6. The third kappa shape index (κ3) is 2.83. The lowest BCUT2D eigenvalue weighted by Crippen LogP contribution is -2.15. The van der Waals surface area contributed by atoms with Crippen molar-refractivity contribution in [2.45, 2.75) is 45.7 Å². The van der Waals surface area contributed by atoms with E-state index in [1.165, 1.54) is 19.3 Å². The summed E-state index contributed by atoms with van der Waals surface area (Å²) in [5.74, 6) is 2.53. The number of unbranched alkanes of at least 4 members (excludes halogenated alkanes) is 3. The largest absolute Gasteiger partial charge is 0.486 e. The number of nitrogens with zero attached hydrogens (tertiary/aromatic N) is 2. The minimum absolute atomic E-state index is 0.453. The highest BCUT2D eigenvalue weighted by molar-refractivity contribution is 5.80. The van der Waals surface area contributed by atoms with E-state index in [1.807, 2.05) is 12.1 Å². The Hall–Kier alpha value is -1.75. The van der Waals surface area contributed by atoms with Crippen molar-refractivity contribution in [2.75, 3.05) is 13.2 Å². The van der Waals surface area contributed by atoms with Crippen LogP contribution in [0.4, 0.5) is 0 Å². The first kappa shape index (κ1) is 14.2. The van der Waals surface area contributed by atoms with E-state index in [0.717, 1.165) is 41.3 Å². The molecule has 5 nitrogen and oxygen atoms in total. The number of imidazole rings is 1. The minimum atomic E-state index is 0.453. The van der Waals surface area contributed by atoms with Gasteiger partial charge in [-0.2, -0.15) is 0 Å². The van der Waals surface area contributed by atoms with Crippen molar-refractivity contribution in [3.63, 3.8) is 0 Å². The summed E-state index contributed by atoms with van der Waals surface area (Å²) in [6.07, 6.45) is 4.91. The number of ether oxygens (including phenoxy) is 2. The zero-order valence-corrected chi connectivity index (χ0v) is 12.6. The van der Waals surface area contributed by atoms with Crippen LogP contribution in [-0.4, -0.2) is 22.8 Å². The van der Waals surface area contributed by atoms with Gasteiger partial charge in [-0.25, -0.2) is 4.98 Å². The summed E-state index contributed by atoms with van der Waals surface area (Å²) in [5, 5.41) is 0. The molecule has 5 heteroatoms. The fourth-order valence-electron chi connectivity index (χ4n) is 2.81. The molecule has 0 amide bonds. The number of hydrogen-bond donors (Lipinski definition) is 1. The minimum Gasteiger partial charge on any atom is -0.486 e. The molecule has 2 heterocycles. The van der Waals surface area contributed by atoms with Gasteiger partial charge in [0.25, 0.3) is 0 Å². The highest BCUT2D eigenvalue weighted by Crippen LogP contribution is 2.34. The normalized spacial score (nSPS) is 13.8. The van der Waals surface area contributed by atoms with Gasteiger partial charge < -0.3 is 19.8 Å². The highest BCUT2D eigenvalue weighted by Gasteiger charge is 2.17. The van der Waals surface area contributed by atoms with Crippen LogP contribution in [0.5, 0.6) is 11.5 Å². The predicted molar refractivity (Wildman–Crippen MR) is 82.8 cm³/mol. The first-order chi connectivity index (χ1) is 10.3. The summed E-state index contributed by atoms with van der Waals surface area (Å²) < 4.78 is 13.5. The third-order valence-corrected chi connectivity index (χ3v) is 3.91. The average Bonchev–Trinajstić information content (AvgIpc) is 2.86. The smallest absolute Gasteiger partial charge is 0.163 e. The molecule has 0 radical (unpaired) electrons. The van der Waals surface area contributed by atoms with Crippen LogP contribution in [0.2, 0.25) is 0 Å². The summed E-state index contributed by atoms with van der Waals surface area (Å²) in [6, 6.07) is 4.00. The van der Waals surface area contributed by atoms with E-state index >= 15 is 0 Å². The lowest BCUT2D eigenvalue weighted by molar-refractivity contribution is 0.172. The monoisotopic (exact) mass is 289 g/mol. The Morgan fingerprint density at radius 2 is 1.90 bits per heavy atom. The molecule has 114 valence electrons. The zero-order chi connectivity index (χ0) is 14.7. The van der Waals surface area contributed by atoms with Gasteiger partial charge in [0.05, 0.1) is 17.6 Å². The van der Waals surface area contributed by atoms with Gasteiger partial charge in [0.15, 0.2) is 11.5 Å². The molecule has 1 aliphatic rings. The molecule has 1 aromatic heterocycles. The van der Waals surface area contributed by atoms with Crippen molar-refractivity contribution in [1.82, 2.24) is 9.55 Å². The topological polar surface area (TPSA) is 62.3 Å². The summed E-state index contributed by atoms with van der Waals surface area (Å²) >= 11 is 0. The summed E-state index contributed by atoms with van der Waals surface area (Å²) in [5.41, 5.74) is 7.89. The average molecular weight is 289 g/mol. The van der Waals surface area contributed by atoms with Crippen molar-refractivity contribution < 1.29 is 9.47 Å². The first-order valence-electron chi connectivity index (χ1n) is 7.82. The van der Waals surface area contributed by atoms with E-state index in [0.29, 0.717) is 19.8 Å². The molecule has 2 aromatic rings. The molecular formula is C16H23N3O2. The molecule has 1 aliphatic heterocycles. The second-order valence-corrected chi connectivity index (χ2v) is 5.43. The number of rotatable bonds is 6. The summed E-state index contributed by atoms with van der Waals surface area (Å²) in [7, 11) is 0. The van der Waals surface area contributed by atoms with Crippen LogP contribution in [0.3, 0.4) is 0 Å². The SMILES string of the molecule is CCCCCCn1c(CN)nc2cc3c(cc21)OCCO3. The first-order valence-corrected chi connectivity index (χ1v) is 7.82. The molecule has 3 rings (SSSR count). The van der Waals surface area contributed by atoms with Crippen molar-refractivity contribution in [2.24, 2.45) is 5.73 Å². The van der Waals surface area contributed by atoms with E-state index in [-0.39, 0.29) is 0 Å². The third-order valence-electron chi connectivity index (χ3n) is 3.91. The van der Waals surface area contributed by atoms with E-state index < -0.39 is 0 Å². The molecule has 1 aromatic carbocycles. The fraction of sp³-hybridized carbons (Fsp3) is 0.562.